The summed E-state index contributed by atoms with van der Waals surface area (Å²) in [7, 11) is 0. The summed E-state index contributed by atoms with van der Waals surface area (Å²) >= 11 is 0. The minimum atomic E-state index is -4.29. The van der Waals surface area contributed by atoms with Crippen LogP contribution in [0.15, 0.2) is 18.2 Å². The van der Waals surface area contributed by atoms with Gasteiger partial charge in [0.2, 0.25) is 0 Å². The molecule has 0 radical (unpaired) electrons. The van der Waals surface area contributed by atoms with Gasteiger partial charge in [0.1, 0.15) is 17.1 Å². The molecule has 1 aliphatic rings. The number of alkyl halides is 3. The SMILES string of the molecule is O=C(N[C@H]1CCN(CC(F)(F)F)C1)c1c(O)cccc1F. The maximum Gasteiger partial charge on any atom is 0.401 e. The molecule has 2 N–H and O–H groups in total. The van der Waals surface area contributed by atoms with Crippen molar-refractivity contribution in [3.63, 3.8) is 0 Å². The smallest absolute Gasteiger partial charge is 0.401 e. The maximum absolute atomic E-state index is 13.5. The zero-order valence-corrected chi connectivity index (χ0v) is 11.0. The van der Waals surface area contributed by atoms with Crippen molar-refractivity contribution in [1.82, 2.24) is 10.2 Å². The van der Waals surface area contributed by atoms with Crippen LogP contribution >= 0.6 is 0 Å². The largest absolute Gasteiger partial charge is 0.507 e. The molecule has 1 aromatic carbocycles. The fourth-order valence-electron chi connectivity index (χ4n) is 2.34. The van der Waals surface area contributed by atoms with E-state index in [1.54, 1.807) is 0 Å². The molecule has 0 saturated carbocycles. The van der Waals surface area contributed by atoms with Gasteiger partial charge >= 0.3 is 6.18 Å². The number of nitrogens with zero attached hydrogens (tertiary/aromatic N) is 1. The molecule has 1 heterocycles. The van der Waals surface area contributed by atoms with Gasteiger partial charge in [0.05, 0.1) is 6.54 Å². The first-order chi connectivity index (χ1) is 9.76. The van der Waals surface area contributed by atoms with Crippen molar-refractivity contribution < 1.29 is 27.5 Å². The predicted octanol–water partition coefficient (Wildman–Crippen LogP) is 1.90. The highest BCUT2D eigenvalue weighted by atomic mass is 19.4. The van der Waals surface area contributed by atoms with Crippen molar-refractivity contribution in [3.05, 3.63) is 29.6 Å². The van der Waals surface area contributed by atoms with Gasteiger partial charge in [0.25, 0.3) is 5.91 Å². The summed E-state index contributed by atoms with van der Waals surface area (Å²) in [6.45, 7) is -0.793. The minimum absolute atomic E-state index is 0.0421. The third kappa shape index (κ3) is 4.07. The Kier molecular flexibility index (Phi) is 4.36. The van der Waals surface area contributed by atoms with E-state index in [-0.39, 0.29) is 13.1 Å². The lowest BCUT2D eigenvalue weighted by Crippen LogP contribution is -2.39. The summed E-state index contributed by atoms with van der Waals surface area (Å²) in [5.74, 6) is -2.21. The number of amides is 1. The zero-order valence-electron chi connectivity index (χ0n) is 11.0. The molecule has 0 unspecified atom stereocenters. The molecule has 8 heteroatoms. The van der Waals surface area contributed by atoms with E-state index in [4.69, 9.17) is 0 Å². The number of carbonyl (C=O) groups excluding carboxylic acids is 1. The number of halogens is 4. The lowest BCUT2D eigenvalue weighted by Gasteiger charge is -2.18. The second-order valence-corrected chi connectivity index (χ2v) is 4.94. The average Bonchev–Trinajstić information content (AvgIpc) is 2.73. The van der Waals surface area contributed by atoms with E-state index in [1.807, 2.05) is 0 Å². The van der Waals surface area contributed by atoms with Gasteiger partial charge in [-0.05, 0) is 18.6 Å². The third-order valence-electron chi connectivity index (χ3n) is 3.23. The van der Waals surface area contributed by atoms with E-state index < -0.39 is 41.8 Å². The molecular formula is C13H14F4N2O2. The van der Waals surface area contributed by atoms with Crippen LogP contribution in [-0.4, -0.2) is 47.8 Å². The van der Waals surface area contributed by atoms with E-state index in [0.717, 1.165) is 6.07 Å². The number of aromatic hydroxyl groups is 1. The van der Waals surface area contributed by atoms with Crippen LogP contribution < -0.4 is 5.32 Å². The average molecular weight is 306 g/mol. The number of phenols is 1. The molecule has 116 valence electrons. The highest BCUT2D eigenvalue weighted by Gasteiger charge is 2.35. The van der Waals surface area contributed by atoms with Crippen molar-refractivity contribution in [2.75, 3.05) is 19.6 Å². The van der Waals surface area contributed by atoms with Crippen molar-refractivity contribution in [3.8, 4) is 5.75 Å². The molecule has 0 bridgehead atoms. The van der Waals surface area contributed by atoms with Gasteiger partial charge in [-0.25, -0.2) is 4.39 Å². The number of hydrogen-bond acceptors (Lipinski definition) is 3. The summed E-state index contributed by atoms with van der Waals surface area (Å²) in [5, 5.41) is 11.9. The van der Waals surface area contributed by atoms with E-state index >= 15 is 0 Å². The fourth-order valence-corrected chi connectivity index (χ4v) is 2.34. The molecule has 1 saturated heterocycles. The van der Waals surface area contributed by atoms with Gasteiger partial charge in [-0.3, -0.25) is 9.69 Å². The number of benzene rings is 1. The van der Waals surface area contributed by atoms with Gasteiger partial charge in [0, 0.05) is 19.1 Å². The molecule has 1 aliphatic heterocycles. The number of likely N-dealkylation sites (tertiary alicyclic amines) is 1. The molecule has 21 heavy (non-hydrogen) atoms. The number of carbonyl (C=O) groups is 1. The van der Waals surface area contributed by atoms with Crippen LogP contribution in [0.5, 0.6) is 5.75 Å². The Morgan fingerprint density at radius 3 is 2.76 bits per heavy atom. The second-order valence-electron chi connectivity index (χ2n) is 4.94. The zero-order chi connectivity index (χ0) is 15.6. The Morgan fingerprint density at radius 1 is 1.43 bits per heavy atom. The topological polar surface area (TPSA) is 52.6 Å². The molecule has 1 fully saturated rings. The second kappa shape index (κ2) is 5.88. The fraction of sp³-hybridized carbons (Fsp3) is 0.462. The molecule has 0 spiro atoms. The number of hydrogen-bond donors (Lipinski definition) is 2. The van der Waals surface area contributed by atoms with Crippen LogP contribution in [-0.2, 0) is 0 Å². The maximum atomic E-state index is 13.5. The summed E-state index contributed by atoms with van der Waals surface area (Å²) in [6, 6.07) is 2.95. The molecule has 0 aliphatic carbocycles. The van der Waals surface area contributed by atoms with Crippen LogP contribution in [0.2, 0.25) is 0 Å². The van der Waals surface area contributed by atoms with Crippen molar-refractivity contribution in [1.29, 1.82) is 0 Å². The molecule has 1 atom stereocenters. The molecule has 1 aromatic rings. The van der Waals surface area contributed by atoms with Gasteiger partial charge in [-0.2, -0.15) is 13.2 Å². The molecular weight excluding hydrogens is 292 g/mol. The number of phenolic OH excluding ortho intramolecular Hbond substituents is 1. The van der Waals surface area contributed by atoms with Crippen LogP contribution in [0, 0.1) is 5.82 Å². The van der Waals surface area contributed by atoms with E-state index in [2.05, 4.69) is 5.32 Å². The summed E-state index contributed by atoms with van der Waals surface area (Å²) < 4.78 is 50.3. The lowest BCUT2D eigenvalue weighted by molar-refractivity contribution is -0.143. The highest BCUT2D eigenvalue weighted by molar-refractivity contribution is 5.97. The van der Waals surface area contributed by atoms with Gasteiger partial charge in [-0.1, -0.05) is 6.07 Å². The molecule has 2 rings (SSSR count). The minimum Gasteiger partial charge on any atom is -0.507 e. The summed E-state index contributed by atoms with van der Waals surface area (Å²) in [6.07, 6.45) is -3.94. The Hall–Kier alpha value is -1.83. The first-order valence-corrected chi connectivity index (χ1v) is 6.34. The van der Waals surface area contributed by atoms with Crippen LogP contribution in [0.3, 0.4) is 0 Å². The first kappa shape index (κ1) is 15.6. The highest BCUT2D eigenvalue weighted by Crippen LogP contribution is 2.22. The predicted molar refractivity (Wildman–Crippen MR) is 66.4 cm³/mol. The van der Waals surface area contributed by atoms with Gasteiger partial charge in [0.15, 0.2) is 0 Å². The Balaban J connectivity index is 1.96. The Morgan fingerprint density at radius 2 is 2.14 bits per heavy atom. The quantitative estimate of drug-likeness (QED) is 0.839. The van der Waals surface area contributed by atoms with Gasteiger partial charge < -0.3 is 10.4 Å². The van der Waals surface area contributed by atoms with Crippen LogP contribution in [0.4, 0.5) is 17.6 Å². The van der Waals surface area contributed by atoms with Gasteiger partial charge in [-0.15, -0.1) is 0 Å². The van der Waals surface area contributed by atoms with Crippen molar-refractivity contribution in [2.45, 2.75) is 18.6 Å². The molecule has 0 aromatic heterocycles. The Bertz CT molecular complexity index is 513. The van der Waals surface area contributed by atoms with Crippen LogP contribution in [0.1, 0.15) is 16.8 Å². The monoisotopic (exact) mass is 306 g/mol. The normalized spacial score (nSPS) is 19.7. The third-order valence-corrected chi connectivity index (χ3v) is 3.23. The van der Waals surface area contributed by atoms with E-state index in [0.29, 0.717) is 6.42 Å². The first-order valence-electron chi connectivity index (χ1n) is 6.34. The molecule has 1 amide bonds. The van der Waals surface area contributed by atoms with Crippen molar-refractivity contribution in [2.24, 2.45) is 0 Å². The van der Waals surface area contributed by atoms with E-state index in [9.17, 15) is 27.5 Å². The lowest BCUT2D eigenvalue weighted by atomic mass is 10.1. The number of nitrogens with one attached hydrogen (secondary N) is 1. The summed E-state index contributed by atoms with van der Waals surface area (Å²) in [5.41, 5.74) is -0.494. The van der Waals surface area contributed by atoms with Crippen LogP contribution in [0.25, 0.3) is 0 Å². The van der Waals surface area contributed by atoms with Crippen molar-refractivity contribution >= 4 is 5.91 Å². The standard InChI is InChI=1S/C13H14F4N2O2/c14-9-2-1-3-10(20)11(9)12(21)18-8-4-5-19(6-8)7-13(15,16)17/h1-3,8,20H,4-7H2,(H,18,21)/t8-/m0/s1. The van der Waals surface area contributed by atoms with E-state index in [1.165, 1.54) is 17.0 Å². The molecule has 4 nitrogen and oxygen atoms in total. The summed E-state index contributed by atoms with van der Waals surface area (Å²) in [4.78, 5) is 13.1. The number of rotatable bonds is 3. The Labute approximate surface area is 118 Å².